The maximum Gasteiger partial charge on any atom is 0.311 e. The second-order valence-corrected chi connectivity index (χ2v) is 5.05. The summed E-state index contributed by atoms with van der Waals surface area (Å²) in [5.74, 6) is 0.203. The van der Waals surface area contributed by atoms with Crippen LogP contribution in [-0.2, 0) is 6.61 Å². The first-order valence-corrected chi connectivity index (χ1v) is 7.13. The molecule has 0 spiro atoms. The molecule has 0 atom stereocenters. The first-order valence-electron chi connectivity index (χ1n) is 7.13. The third-order valence-electron chi connectivity index (χ3n) is 3.40. The van der Waals surface area contributed by atoms with Crippen molar-refractivity contribution in [1.29, 1.82) is 0 Å². The van der Waals surface area contributed by atoms with Crippen LogP contribution in [0.25, 0.3) is 11.5 Å². The van der Waals surface area contributed by atoms with Crippen LogP contribution in [0.1, 0.15) is 11.5 Å². The molecule has 1 aromatic heterocycles. The van der Waals surface area contributed by atoms with Crippen molar-refractivity contribution < 1.29 is 18.5 Å². The van der Waals surface area contributed by atoms with Crippen LogP contribution in [0.5, 0.6) is 5.75 Å². The van der Waals surface area contributed by atoms with Gasteiger partial charge < -0.3 is 9.15 Å². The minimum atomic E-state index is -0.625. The summed E-state index contributed by atoms with van der Waals surface area (Å²) >= 11 is 0. The van der Waals surface area contributed by atoms with E-state index in [1.807, 2.05) is 30.3 Å². The fourth-order valence-corrected chi connectivity index (χ4v) is 2.17. The Morgan fingerprint density at radius 2 is 2.00 bits per heavy atom. The van der Waals surface area contributed by atoms with Gasteiger partial charge >= 0.3 is 5.69 Å². The monoisotopic (exact) mass is 328 g/mol. The first-order chi connectivity index (χ1) is 11.5. The van der Waals surface area contributed by atoms with Gasteiger partial charge in [0, 0.05) is 17.7 Å². The average molecular weight is 328 g/mol. The molecule has 2 aromatic carbocycles. The Kier molecular flexibility index (Phi) is 4.24. The van der Waals surface area contributed by atoms with Gasteiger partial charge in [0.05, 0.1) is 4.92 Å². The molecule has 122 valence electrons. The zero-order valence-corrected chi connectivity index (χ0v) is 12.7. The lowest BCUT2D eigenvalue weighted by molar-refractivity contribution is -0.386. The first kappa shape index (κ1) is 15.7. The number of oxazole rings is 1. The Morgan fingerprint density at radius 1 is 1.25 bits per heavy atom. The highest BCUT2D eigenvalue weighted by atomic mass is 19.1. The number of aromatic nitrogens is 1. The number of benzene rings is 2. The number of halogens is 1. The van der Waals surface area contributed by atoms with Crippen molar-refractivity contribution >= 4 is 5.69 Å². The van der Waals surface area contributed by atoms with E-state index in [1.54, 1.807) is 6.92 Å². The van der Waals surface area contributed by atoms with Crippen LogP contribution in [0.2, 0.25) is 0 Å². The normalized spacial score (nSPS) is 10.6. The SMILES string of the molecule is Cc1oc(-c2ccccc2)nc1COc1cc(F)ccc1[N+](=O)[O-]. The standard InChI is InChI=1S/C17H13FN2O4/c1-11-14(19-17(24-11)12-5-3-2-4-6-12)10-23-16-9-13(18)7-8-15(16)20(21)22/h2-9H,10H2,1H3. The predicted octanol–water partition coefficient (Wildman–Crippen LogP) is 4.28. The Morgan fingerprint density at radius 3 is 2.71 bits per heavy atom. The lowest BCUT2D eigenvalue weighted by Crippen LogP contribution is -2.01. The molecule has 0 bridgehead atoms. The third kappa shape index (κ3) is 3.24. The maximum atomic E-state index is 13.3. The summed E-state index contributed by atoms with van der Waals surface area (Å²) < 4.78 is 24.3. The van der Waals surface area contributed by atoms with Gasteiger partial charge in [-0.2, -0.15) is 0 Å². The van der Waals surface area contributed by atoms with Crippen LogP contribution in [0, 0.1) is 22.9 Å². The van der Waals surface area contributed by atoms with E-state index >= 15 is 0 Å². The number of rotatable bonds is 5. The van der Waals surface area contributed by atoms with Crippen molar-refractivity contribution in [1.82, 2.24) is 4.98 Å². The smallest absolute Gasteiger partial charge is 0.311 e. The van der Waals surface area contributed by atoms with E-state index in [2.05, 4.69) is 4.98 Å². The molecule has 0 fully saturated rings. The van der Waals surface area contributed by atoms with Gasteiger partial charge in [0.1, 0.15) is 23.9 Å². The van der Waals surface area contributed by atoms with Gasteiger partial charge in [-0.1, -0.05) is 18.2 Å². The molecule has 0 N–H and O–H groups in total. The zero-order chi connectivity index (χ0) is 17.1. The molecular formula is C17H13FN2O4. The Balaban J connectivity index is 1.82. The fraction of sp³-hybridized carbons (Fsp3) is 0.118. The quantitative estimate of drug-likeness (QED) is 0.516. The van der Waals surface area contributed by atoms with Gasteiger partial charge in [-0.25, -0.2) is 9.37 Å². The topological polar surface area (TPSA) is 78.4 Å². The average Bonchev–Trinajstić information content (AvgIpc) is 2.94. The third-order valence-corrected chi connectivity index (χ3v) is 3.40. The number of hydrogen-bond acceptors (Lipinski definition) is 5. The molecule has 7 heteroatoms. The fourth-order valence-electron chi connectivity index (χ4n) is 2.17. The number of nitro groups is 1. The molecule has 0 saturated carbocycles. The molecule has 0 aliphatic rings. The van der Waals surface area contributed by atoms with E-state index in [1.165, 1.54) is 0 Å². The minimum Gasteiger partial charge on any atom is -0.480 e. The summed E-state index contributed by atoms with van der Waals surface area (Å²) in [6.45, 7) is 1.66. The summed E-state index contributed by atoms with van der Waals surface area (Å²) in [4.78, 5) is 14.7. The number of nitro benzene ring substituents is 1. The summed E-state index contributed by atoms with van der Waals surface area (Å²) in [7, 11) is 0. The molecule has 6 nitrogen and oxygen atoms in total. The number of aryl methyl sites for hydroxylation is 1. The van der Waals surface area contributed by atoms with E-state index in [4.69, 9.17) is 9.15 Å². The highest BCUT2D eigenvalue weighted by molar-refractivity contribution is 5.53. The van der Waals surface area contributed by atoms with Crippen molar-refractivity contribution in [2.75, 3.05) is 0 Å². The second-order valence-electron chi connectivity index (χ2n) is 5.05. The van der Waals surface area contributed by atoms with Gasteiger partial charge in [0.25, 0.3) is 0 Å². The van der Waals surface area contributed by atoms with Crippen LogP contribution in [0.4, 0.5) is 10.1 Å². The molecule has 0 amide bonds. The van der Waals surface area contributed by atoms with Gasteiger partial charge in [0.2, 0.25) is 5.89 Å². The Bertz CT molecular complexity index is 878. The largest absolute Gasteiger partial charge is 0.480 e. The molecule has 3 aromatic rings. The predicted molar refractivity (Wildman–Crippen MR) is 84.1 cm³/mol. The van der Waals surface area contributed by atoms with Gasteiger partial charge in [-0.05, 0) is 25.1 Å². The minimum absolute atomic E-state index is 0.0630. The molecule has 0 aliphatic heterocycles. The number of hydrogen-bond donors (Lipinski definition) is 0. The van der Waals surface area contributed by atoms with Crippen molar-refractivity contribution in [3.05, 3.63) is 75.9 Å². The Hall–Kier alpha value is -3.22. The van der Waals surface area contributed by atoms with E-state index in [0.717, 1.165) is 23.8 Å². The van der Waals surface area contributed by atoms with Gasteiger partial charge in [-0.15, -0.1) is 0 Å². The van der Waals surface area contributed by atoms with Crippen LogP contribution in [0.15, 0.2) is 52.9 Å². The lowest BCUT2D eigenvalue weighted by Gasteiger charge is -2.05. The number of nitrogens with zero attached hydrogens (tertiary/aromatic N) is 2. The summed E-state index contributed by atoms with van der Waals surface area (Å²) in [6.07, 6.45) is 0. The van der Waals surface area contributed by atoms with Crippen molar-refractivity contribution in [2.45, 2.75) is 13.5 Å². The summed E-state index contributed by atoms with van der Waals surface area (Å²) in [6, 6.07) is 12.4. The molecular weight excluding hydrogens is 315 g/mol. The molecule has 0 saturated heterocycles. The molecule has 0 unspecified atom stereocenters. The van der Waals surface area contributed by atoms with Crippen LogP contribution in [0.3, 0.4) is 0 Å². The van der Waals surface area contributed by atoms with E-state index in [-0.39, 0.29) is 18.0 Å². The lowest BCUT2D eigenvalue weighted by atomic mass is 10.2. The highest BCUT2D eigenvalue weighted by Gasteiger charge is 2.18. The van der Waals surface area contributed by atoms with Crippen LogP contribution in [-0.4, -0.2) is 9.91 Å². The van der Waals surface area contributed by atoms with E-state index in [0.29, 0.717) is 17.3 Å². The second kappa shape index (κ2) is 6.49. The summed E-state index contributed by atoms with van der Waals surface area (Å²) in [5, 5.41) is 11.0. The zero-order valence-electron chi connectivity index (χ0n) is 12.7. The van der Waals surface area contributed by atoms with Crippen molar-refractivity contribution in [3.8, 4) is 17.2 Å². The van der Waals surface area contributed by atoms with Gasteiger partial charge in [-0.3, -0.25) is 10.1 Å². The van der Waals surface area contributed by atoms with Crippen molar-refractivity contribution in [3.63, 3.8) is 0 Å². The number of ether oxygens (including phenoxy) is 1. The van der Waals surface area contributed by atoms with E-state index in [9.17, 15) is 14.5 Å². The maximum absolute atomic E-state index is 13.3. The van der Waals surface area contributed by atoms with Crippen LogP contribution >= 0.6 is 0 Å². The van der Waals surface area contributed by atoms with E-state index < -0.39 is 10.7 Å². The molecule has 1 heterocycles. The molecule has 0 aliphatic carbocycles. The Labute approximate surface area is 136 Å². The summed E-state index contributed by atoms with van der Waals surface area (Å²) in [5.41, 5.74) is 0.997. The van der Waals surface area contributed by atoms with Crippen LogP contribution < -0.4 is 4.74 Å². The van der Waals surface area contributed by atoms with Gasteiger partial charge in [0.15, 0.2) is 5.75 Å². The molecule has 3 rings (SSSR count). The van der Waals surface area contributed by atoms with Crippen molar-refractivity contribution in [2.24, 2.45) is 0 Å². The molecule has 24 heavy (non-hydrogen) atoms. The molecule has 0 radical (unpaired) electrons. The highest BCUT2D eigenvalue weighted by Crippen LogP contribution is 2.29.